The highest BCUT2D eigenvalue weighted by Crippen LogP contribution is 2.42. The SMILES string of the molecule is O=c1c2ccccc2c2cc3c(c4ccccc4n3-c3nc(-c4ccccc4)c4ccc5ccccc5c4n3)c3nc(-c4ccccc4)n1c23. The lowest BCUT2D eigenvalue weighted by Gasteiger charge is -2.13. The van der Waals surface area contributed by atoms with Gasteiger partial charge in [0.1, 0.15) is 11.3 Å². The van der Waals surface area contributed by atoms with Crippen LogP contribution in [-0.2, 0) is 0 Å². The maximum Gasteiger partial charge on any atom is 0.264 e. The van der Waals surface area contributed by atoms with Crippen molar-refractivity contribution >= 4 is 70.7 Å². The van der Waals surface area contributed by atoms with Crippen molar-refractivity contribution in [3.8, 4) is 28.6 Å². The van der Waals surface area contributed by atoms with Crippen molar-refractivity contribution in [2.45, 2.75) is 0 Å². The summed E-state index contributed by atoms with van der Waals surface area (Å²) in [7, 11) is 0. The van der Waals surface area contributed by atoms with Crippen molar-refractivity contribution in [2.75, 3.05) is 0 Å². The van der Waals surface area contributed by atoms with E-state index in [1.165, 1.54) is 0 Å². The van der Waals surface area contributed by atoms with Crippen molar-refractivity contribution in [3.63, 3.8) is 0 Å². The summed E-state index contributed by atoms with van der Waals surface area (Å²) in [5.41, 5.74) is 7.10. The Morgan fingerprint density at radius 2 is 1.12 bits per heavy atom. The van der Waals surface area contributed by atoms with Crippen LogP contribution in [0.15, 0.2) is 156 Å². The van der Waals surface area contributed by atoms with Gasteiger partial charge in [-0.15, -0.1) is 0 Å². The highest BCUT2D eigenvalue weighted by Gasteiger charge is 2.25. The summed E-state index contributed by atoms with van der Waals surface area (Å²) in [4.78, 5) is 30.3. The second-order valence-corrected chi connectivity index (χ2v) is 12.8. The van der Waals surface area contributed by atoms with Crippen LogP contribution in [0.3, 0.4) is 0 Å². The lowest BCUT2D eigenvalue weighted by molar-refractivity contribution is 1.02. The summed E-state index contributed by atoms with van der Waals surface area (Å²) in [6, 6.07) is 51.4. The molecule has 0 aliphatic carbocycles. The largest absolute Gasteiger partial charge is 0.278 e. The number of nitrogens with zero attached hydrogens (tertiary/aromatic N) is 5. The molecule has 11 rings (SSSR count). The zero-order valence-corrected chi connectivity index (χ0v) is 26.6. The second kappa shape index (κ2) is 10.0. The van der Waals surface area contributed by atoms with Gasteiger partial charge < -0.3 is 0 Å². The van der Waals surface area contributed by atoms with Gasteiger partial charge in [0.05, 0.1) is 27.8 Å². The third kappa shape index (κ3) is 3.62. The van der Waals surface area contributed by atoms with E-state index in [9.17, 15) is 4.79 Å². The average Bonchev–Trinajstić information content (AvgIpc) is 3.74. The minimum Gasteiger partial charge on any atom is -0.278 e. The number of pyridine rings is 1. The van der Waals surface area contributed by atoms with Crippen LogP contribution in [0.4, 0.5) is 0 Å². The van der Waals surface area contributed by atoms with E-state index in [1.807, 2.05) is 72.8 Å². The monoisotopic (exact) mass is 639 g/mol. The standard InChI is InChI=1S/C44H25N5O/c50-43-31-20-10-9-19-30(31)34-25-36-37(40-41(34)49(43)42(45-40)28-16-5-2-6-17-28)32-21-11-12-22-35(32)48(36)44-46-38(27-14-3-1-4-15-27)33-24-23-26-13-7-8-18-29(26)39(33)47-44/h1-25H. The van der Waals surface area contributed by atoms with E-state index in [-0.39, 0.29) is 5.56 Å². The number of imidazole rings is 1. The summed E-state index contributed by atoms with van der Waals surface area (Å²) in [6.45, 7) is 0. The van der Waals surface area contributed by atoms with E-state index in [0.717, 1.165) is 82.1 Å². The number of rotatable bonds is 3. The lowest BCUT2D eigenvalue weighted by atomic mass is 10.0. The summed E-state index contributed by atoms with van der Waals surface area (Å²) in [6.07, 6.45) is 0. The molecule has 4 aromatic heterocycles. The summed E-state index contributed by atoms with van der Waals surface area (Å²) in [5.74, 6) is 1.21. The van der Waals surface area contributed by atoms with Crippen LogP contribution >= 0.6 is 0 Å². The first-order valence-corrected chi connectivity index (χ1v) is 16.7. The molecule has 0 spiro atoms. The molecule has 6 nitrogen and oxygen atoms in total. The normalized spacial score (nSPS) is 12.1. The fourth-order valence-corrected chi connectivity index (χ4v) is 7.89. The molecule has 0 unspecified atom stereocenters. The Hall–Kier alpha value is -6.92. The fourth-order valence-electron chi connectivity index (χ4n) is 7.89. The number of hydrogen-bond donors (Lipinski definition) is 0. The molecule has 0 N–H and O–H groups in total. The Kier molecular flexibility index (Phi) is 5.44. The van der Waals surface area contributed by atoms with Gasteiger partial charge in [0.15, 0.2) is 0 Å². The molecule has 0 radical (unpaired) electrons. The maximum atomic E-state index is 14.3. The van der Waals surface area contributed by atoms with Crippen LogP contribution in [0.1, 0.15) is 0 Å². The first kappa shape index (κ1) is 27.1. The van der Waals surface area contributed by atoms with Crippen molar-refractivity contribution in [2.24, 2.45) is 0 Å². The molecule has 0 saturated carbocycles. The molecule has 0 saturated heterocycles. The molecule has 11 aromatic rings. The molecular formula is C44H25N5O. The van der Waals surface area contributed by atoms with Crippen molar-refractivity contribution < 1.29 is 0 Å². The van der Waals surface area contributed by atoms with Gasteiger partial charge in [-0.2, -0.15) is 0 Å². The highest BCUT2D eigenvalue weighted by molar-refractivity contribution is 6.27. The number of fused-ring (bicyclic) bond motifs is 9. The number of hydrogen-bond acceptors (Lipinski definition) is 4. The van der Waals surface area contributed by atoms with Gasteiger partial charge in [-0.3, -0.25) is 13.8 Å². The van der Waals surface area contributed by atoms with Gasteiger partial charge in [-0.25, -0.2) is 15.0 Å². The second-order valence-electron chi connectivity index (χ2n) is 12.8. The summed E-state index contributed by atoms with van der Waals surface area (Å²) in [5, 5.41) is 7.67. The Morgan fingerprint density at radius 1 is 0.460 bits per heavy atom. The Bertz CT molecular complexity index is 3220. The third-order valence-corrected chi connectivity index (χ3v) is 10.1. The molecule has 7 aromatic carbocycles. The maximum absolute atomic E-state index is 14.3. The van der Waals surface area contributed by atoms with E-state index in [0.29, 0.717) is 17.2 Å². The van der Waals surface area contributed by atoms with E-state index in [1.54, 1.807) is 4.40 Å². The van der Waals surface area contributed by atoms with Crippen LogP contribution in [0.25, 0.3) is 99.3 Å². The zero-order valence-electron chi connectivity index (χ0n) is 26.6. The van der Waals surface area contributed by atoms with Gasteiger partial charge in [-0.1, -0.05) is 127 Å². The average molecular weight is 640 g/mol. The van der Waals surface area contributed by atoms with Gasteiger partial charge in [0.2, 0.25) is 5.95 Å². The molecule has 0 aliphatic heterocycles. The van der Waals surface area contributed by atoms with E-state index in [4.69, 9.17) is 15.0 Å². The highest BCUT2D eigenvalue weighted by atomic mass is 16.1. The van der Waals surface area contributed by atoms with E-state index >= 15 is 0 Å². The van der Waals surface area contributed by atoms with E-state index in [2.05, 4.69) is 83.4 Å². The van der Waals surface area contributed by atoms with Crippen molar-refractivity contribution in [1.29, 1.82) is 0 Å². The van der Waals surface area contributed by atoms with Crippen molar-refractivity contribution in [1.82, 2.24) is 23.9 Å². The zero-order chi connectivity index (χ0) is 32.9. The lowest BCUT2D eigenvalue weighted by Crippen LogP contribution is -2.14. The van der Waals surface area contributed by atoms with E-state index < -0.39 is 0 Å². The van der Waals surface area contributed by atoms with Gasteiger partial charge in [0.25, 0.3) is 5.56 Å². The van der Waals surface area contributed by atoms with Crippen LogP contribution in [0, 0.1) is 0 Å². The predicted molar refractivity (Wildman–Crippen MR) is 203 cm³/mol. The number of aromatic nitrogens is 5. The topological polar surface area (TPSA) is 65.1 Å². The minimum atomic E-state index is -0.0743. The van der Waals surface area contributed by atoms with Crippen molar-refractivity contribution in [3.05, 3.63) is 162 Å². The van der Waals surface area contributed by atoms with Crippen LogP contribution in [0.5, 0.6) is 0 Å². The molecule has 0 amide bonds. The summed E-state index contributed by atoms with van der Waals surface area (Å²) < 4.78 is 3.98. The molecule has 6 heteroatoms. The number of para-hydroxylation sites is 1. The molecule has 0 bridgehead atoms. The van der Waals surface area contributed by atoms with Crippen LogP contribution < -0.4 is 5.56 Å². The van der Waals surface area contributed by atoms with Gasteiger partial charge >= 0.3 is 0 Å². The first-order valence-electron chi connectivity index (χ1n) is 16.7. The van der Waals surface area contributed by atoms with Gasteiger partial charge in [0, 0.05) is 43.4 Å². The van der Waals surface area contributed by atoms with Crippen LogP contribution in [0.2, 0.25) is 0 Å². The molecule has 232 valence electrons. The molecule has 4 heterocycles. The minimum absolute atomic E-state index is 0.0743. The Morgan fingerprint density at radius 3 is 1.92 bits per heavy atom. The summed E-state index contributed by atoms with van der Waals surface area (Å²) >= 11 is 0. The quantitative estimate of drug-likeness (QED) is 0.181. The molecular weight excluding hydrogens is 615 g/mol. The van der Waals surface area contributed by atoms with Crippen LogP contribution in [-0.4, -0.2) is 23.9 Å². The molecule has 0 fully saturated rings. The molecule has 50 heavy (non-hydrogen) atoms. The first-order chi connectivity index (χ1) is 24.7. The molecule has 0 aliphatic rings. The third-order valence-electron chi connectivity index (χ3n) is 10.1. The number of benzene rings is 7. The molecule has 0 atom stereocenters. The smallest absolute Gasteiger partial charge is 0.264 e. The Labute approximate surface area is 284 Å². The fraction of sp³-hybridized carbons (Fsp3) is 0. The Balaban J connectivity index is 1.36. The van der Waals surface area contributed by atoms with Gasteiger partial charge in [-0.05, 0) is 35.0 Å². The predicted octanol–water partition coefficient (Wildman–Crippen LogP) is 9.97.